The highest BCUT2D eigenvalue weighted by Gasteiger charge is 2.08. The van der Waals surface area contributed by atoms with Crippen LogP contribution in [-0.2, 0) is 0 Å². The van der Waals surface area contributed by atoms with Gasteiger partial charge >= 0.3 is 0 Å². The van der Waals surface area contributed by atoms with Crippen molar-refractivity contribution in [2.24, 2.45) is 4.99 Å². The average Bonchev–Trinajstić information content (AvgIpc) is 2.76. The molecule has 2 rings (SSSR count). The fourth-order valence-electron chi connectivity index (χ4n) is 1.55. The molecule has 17 heavy (non-hydrogen) atoms. The summed E-state index contributed by atoms with van der Waals surface area (Å²) in [5, 5.41) is 0.858. The van der Waals surface area contributed by atoms with Crippen molar-refractivity contribution >= 4 is 54.6 Å². The van der Waals surface area contributed by atoms with Crippen molar-refractivity contribution in [1.82, 2.24) is 4.98 Å². The Morgan fingerprint density at radius 1 is 1.18 bits per heavy atom. The van der Waals surface area contributed by atoms with Gasteiger partial charge in [-0.2, -0.15) is 0 Å². The number of hydrogen-bond donors (Lipinski definition) is 0. The zero-order valence-electron chi connectivity index (χ0n) is 10.3. The lowest BCUT2D eigenvalue weighted by molar-refractivity contribution is 1.37. The molecule has 1 aromatic carbocycles. The molecular weight excluding hydrogens is 268 g/mol. The summed E-state index contributed by atoms with van der Waals surface area (Å²) in [5.74, 6) is 0. The number of fused-ring (bicyclic) bond motifs is 1. The van der Waals surface area contributed by atoms with Crippen molar-refractivity contribution in [2.75, 3.05) is 12.5 Å². The first-order valence-electron chi connectivity index (χ1n) is 5.19. The Morgan fingerprint density at radius 3 is 2.41 bits per heavy atom. The van der Waals surface area contributed by atoms with Crippen molar-refractivity contribution in [1.29, 1.82) is 0 Å². The number of hydrogen-bond acceptors (Lipinski definition) is 5. The first-order chi connectivity index (χ1) is 8.15. The fourth-order valence-corrected chi connectivity index (χ4v) is 3.68. The molecule has 0 unspecified atom stereocenters. The quantitative estimate of drug-likeness (QED) is 0.563. The Hall–Kier alpha value is -0.520. The van der Waals surface area contributed by atoms with Crippen LogP contribution in [0.25, 0.3) is 10.2 Å². The van der Waals surface area contributed by atoms with Crippen LogP contribution in [0.4, 0.5) is 5.13 Å². The molecule has 2 aromatic rings. The van der Waals surface area contributed by atoms with Gasteiger partial charge in [-0.3, -0.25) is 0 Å². The summed E-state index contributed by atoms with van der Waals surface area (Å²) in [5.41, 5.74) is 3.59. The molecule has 2 nitrogen and oxygen atoms in total. The zero-order valence-corrected chi connectivity index (χ0v) is 12.7. The Morgan fingerprint density at radius 2 is 1.82 bits per heavy atom. The molecular formula is C12H14N2S3. The fraction of sp³-hybridized carbons (Fsp3) is 0.333. The standard InChI is InChI=1S/C12H14N2S3/c1-7-5-6-8(2)10-9(7)13-11(17-10)14-12(15-3)16-4/h5-6H,1-4H3. The van der Waals surface area contributed by atoms with E-state index in [4.69, 9.17) is 0 Å². The van der Waals surface area contributed by atoms with Crippen LogP contribution in [0.3, 0.4) is 0 Å². The maximum Gasteiger partial charge on any atom is 0.211 e. The number of aryl methyl sites for hydroxylation is 2. The summed E-state index contributed by atoms with van der Waals surface area (Å²) in [6, 6.07) is 4.27. The molecule has 0 fully saturated rings. The predicted octanol–water partition coefficient (Wildman–Crippen LogP) is 4.63. The number of rotatable bonds is 1. The van der Waals surface area contributed by atoms with Crippen LogP contribution < -0.4 is 0 Å². The topological polar surface area (TPSA) is 25.2 Å². The SMILES string of the molecule is CSC(=Nc1nc2c(C)ccc(C)c2s1)SC. The Balaban J connectivity index is 2.55. The van der Waals surface area contributed by atoms with Crippen LogP contribution >= 0.6 is 34.9 Å². The first-order valence-corrected chi connectivity index (χ1v) is 8.45. The van der Waals surface area contributed by atoms with Crippen LogP contribution in [-0.4, -0.2) is 21.9 Å². The van der Waals surface area contributed by atoms with E-state index in [-0.39, 0.29) is 0 Å². The number of thiazole rings is 1. The first kappa shape index (κ1) is 12.9. The molecule has 0 aliphatic heterocycles. The highest BCUT2D eigenvalue weighted by Crippen LogP contribution is 2.33. The molecule has 0 amide bonds. The van der Waals surface area contributed by atoms with Gasteiger partial charge in [-0.15, -0.1) is 23.5 Å². The van der Waals surface area contributed by atoms with Gasteiger partial charge in [-0.25, -0.2) is 9.98 Å². The summed E-state index contributed by atoms with van der Waals surface area (Å²) >= 11 is 5.00. The maximum absolute atomic E-state index is 4.61. The third kappa shape index (κ3) is 2.67. The molecule has 5 heteroatoms. The largest absolute Gasteiger partial charge is 0.218 e. The van der Waals surface area contributed by atoms with Gasteiger partial charge in [-0.05, 0) is 37.5 Å². The van der Waals surface area contributed by atoms with E-state index in [1.54, 1.807) is 34.9 Å². The van der Waals surface area contributed by atoms with Gasteiger partial charge in [-0.1, -0.05) is 23.5 Å². The van der Waals surface area contributed by atoms with E-state index in [9.17, 15) is 0 Å². The second-order valence-electron chi connectivity index (χ2n) is 3.66. The molecule has 0 N–H and O–H groups in total. The summed E-state index contributed by atoms with van der Waals surface area (Å²) in [6.45, 7) is 4.22. The van der Waals surface area contributed by atoms with Gasteiger partial charge in [0.05, 0.1) is 10.2 Å². The summed E-state index contributed by atoms with van der Waals surface area (Å²) in [6.07, 6.45) is 4.08. The van der Waals surface area contributed by atoms with Gasteiger partial charge in [0.1, 0.15) is 4.38 Å². The normalized spacial score (nSPS) is 10.8. The molecule has 90 valence electrons. The van der Waals surface area contributed by atoms with E-state index < -0.39 is 0 Å². The number of aliphatic imine (C=N–C) groups is 1. The monoisotopic (exact) mass is 282 g/mol. The summed E-state index contributed by atoms with van der Waals surface area (Å²) in [7, 11) is 0. The molecule has 1 heterocycles. The molecule has 0 spiro atoms. The summed E-state index contributed by atoms with van der Waals surface area (Å²) < 4.78 is 2.31. The lowest BCUT2D eigenvalue weighted by Crippen LogP contribution is -1.80. The van der Waals surface area contributed by atoms with Crippen molar-refractivity contribution in [3.8, 4) is 0 Å². The van der Waals surface area contributed by atoms with Crippen molar-refractivity contribution in [2.45, 2.75) is 13.8 Å². The second-order valence-corrected chi connectivity index (χ2v) is 6.49. The highest BCUT2D eigenvalue weighted by molar-refractivity contribution is 8.38. The predicted molar refractivity (Wildman–Crippen MR) is 83.2 cm³/mol. The molecule has 0 bridgehead atoms. The van der Waals surface area contributed by atoms with Crippen LogP contribution in [0.1, 0.15) is 11.1 Å². The minimum atomic E-state index is 0.858. The lowest BCUT2D eigenvalue weighted by atomic mass is 10.1. The van der Waals surface area contributed by atoms with Gasteiger partial charge in [0.15, 0.2) is 0 Å². The Labute approximate surface area is 114 Å². The molecule has 0 radical (unpaired) electrons. The van der Waals surface area contributed by atoms with E-state index in [2.05, 4.69) is 36.0 Å². The molecule has 1 aromatic heterocycles. The van der Waals surface area contributed by atoms with Crippen LogP contribution in [0, 0.1) is 13.8 Å². The van der Waals surface area contributed by atoms with Crippen LogP contribution in [0.2, 0.25) is 0 Å². The maximum atomic E-state index is 4.61. The highest BCUT2D eigenvalue weighted by atomic mass is 32.2. The van der Waals surface area contributed by atoms with Crippen LogP contribution in [0.15, 0.2) is 17.1 Å². The zero-order chi connectivity index (χ0) is 12.4. The van der Waals surface area contributed by atoms with E-state index >= 15 is 0 Å². The van der Waals surface area contributed by atoms with E-state index in [0.717, 1.165) is 15.0 Å². The van der Waals surface area contributed by atoms with Gasteiger partial charge in [0, 0.05) is 0 Å². The molecule has 0 atom stereocenters. The third-order valence-electron chi connectivity index (χ3n) is 2.47. The number of thioether (sulfide) groups is 2. The summed E-state index contributed by atoms with van der Waals surface area (Å²) in [4.78, 5) is 9.18. The minimum Gasteiger partial charge on any atom is -0.218 e. The lowest BCUT2D eigenvalue weighted by Gasteiger charge is -1.96. The van der Waals surface area contributed by atoms with Gasteiger partial charge in [0.2, 0.25) is 5.13 Å². The van der Waals surface area contributed by atoms with Crippen molar-refractivity contribution < 1.29 is 0 Å². The van der Waals surface area contributed by atoms with E-state index in [0.29, 0.717) is 0 Å². The third-order valence-corrected chi connectivity index (χ3v) is 5.43. The molecule has 0 saturated heterocycles. The molecule has 0 aliphatic rings. The van der Waals surface area contributed by atoms with Crippen molar-refractivity contribution in [3.63, 3.8) is 0 Å². The van der Waals surface area contributed by atoms with Gasteiger partial charge < -0.3 is 0 Å². The van der Waals surface area contributed by atoms with Crippen molar-refractivity contribution in [3.05, 3.63) is 23.3 Å². The van der Waals surface area contributed by atoms with E-state index in [1.165, 1.54) is 15.8 Å². The number of aromatic nitrogens is 1. The second kappa shape index (κ2) is 5.42. The Kier molecular flexibility index (Phi) is 4.12. The number of nitrogens with zero attached hydrogens (tertiary/aromatic N) is 2. The van der Waals surface area contributed by atoms with Gasteiger partial charge in [0.25, 0.3) is 0 Å². The van der Waals surface area contributed by atoms with E-state index in [1.807, 2.05) is 12.5 Å². The molecule has 0 saturated carbocycles. The smallest absolute Gasteiger partial charge is 0.211 e. The minimum absolute atomic E-state index is 0.858. The average molecular weight is 282 g/mol. The van der Waals surface area contributed by atoms with Crippen LogP contribution in [0.5, 0.6) is 0 Å². The number of benzene rings is 1. The Bertz CT molecular complexity index is 527. The molecule has 0 aliphatic carbocycles.